The number of benzene rings is 2. The number of fused-ring (bicyclic) bond motifs is 1. The SMILES string of the molecule is COc1cc(/C=N\Nc2ccc(C(=O)O)cc2)cc2c1OCCO2. The van der Waals surface area contributed by atoms with Crippen LogP contribution in [0.15, 0.2) is 41.5 Å². The molecule has 2 N–H and O–H groups in total. The number of carboxylic acid groups (broad SMARTS) is 1. The lowest BCUT2D eigenvalue weighted by Gasteiger charge is -2.20. The van der Waals surface area contributed by atoms with Crippen molar-refractivity contribution >= 4 is 17.9 Å². The Kier molecular flexibility index (Phi) is 4.51. The van der Waals surface area contributed by atoms with E-state index in [0.717, 1.165) is 5.56 Å². The molecule has 0 bridgehead atoms. The maximum Gasteiger partial charge on any atom is 0.335 e. The molecule has 0 atom stereocenters. The largest absolute Gasteiger partial charge is 0.493 e. The first kappa shape index (κ1) is 15.7. The second-order valence-electron chi connectivity index (χ2n) is 5.00. The van der Waals surface area contributed by atoms with Gasteiger partial charge in [-0.2, -0.15) is 5.10 Å². The average molecular weight is 328 g/mol. The van der Waals surface area contributed by atoms with E-state index in [2.05, 4.69) is 10.5 Å². The van der Waals surface area contributed by atoms with Gasteiger partial charge < -0.3 is 19.3 Å². The van der Waals surface area contributed by atoms with Gasteiger partial charge in [0.1, 0.15) is 13.2 Å². The van der Waals surface area contributed by atoms with Crippen LogP contribution in [0.5, 0.6) is 17.2 Å². The topological polar surface area (TPSA) is 89.4 Å². The number of aromatic carboxylic acids is 1. The van der Waals surface area contributed by atoms with Crippen LogP contribution in [0.3, 0.4) is 0 Å². The molecular formula is C17H16N2O5. The van der Waals surface area contributed by atoms with Crippen LogP contribution in [0.4, 0.5) is 5.69 Å². The van der Waals surface area contributed by atoms with Crippen molar-refractivity contribution in [3.8, 4) is 17.2 Å². The fourth-order valence-corrected chi connectivity index (χ4v) is 2.24. The summed E-state index contributed by atoms with van der Waals surface area (Å²) in [5.41, 5.74) is 4.53. The second kappa shape index (κ2) is 6.91. The molecule has 0 amide bonds. The minimum Gasteiger partial charge on any atom is -0.493 e. The highest BCUT2D eigenvalue weighted by molar-refractivity contribution is 5.88. The van der Waals surface area contributed by atoms with E-state index in [1.165, 1.54) is 12.1 Å². The molecule has 0 aliphatic carbocycles. The summed E-state index contributed by atoms with van der Waals surface area (Å²) >= 11 is 0. The van der Waals surface area contributed by atoms with Crippen LogP contribution in [0.25, 0.3) is 0 Å². The third-order valence-corrected chi connectivity index (χ3v) is 3.39. The van der Waals surface area contributed by atoms with Gasteiger partial charge in [0.05, 0.1) is 24.6 Å². The Balaban J connectivity index is 1.73. The first-order chi connectivity index (χ1) is 11.7. The van der Waals surface area contributed by atoms with Crippen LogP contribution in [-0.4, -0.2) is 37.6 Å². The summed E-state index contributed by atoms with van der Waals surface area (Å²) in [6, 6.07) is 9.92. The molecule has 1 aliphatic heterocycles. The van der Waals surface area contributed by atoms with E-state index in [0.29, 0.717) is 36.1 Å². The maximum atomic E-state index is 10.8. The van der Waals surface area contributed by atoms with Gasteiger partial charge in [-0.1, -0.05) is 0 Å². The highest BCUT2D eigenvalue weighted by atomic mass is 16.6. The normalized spacial score (nSPS) is 12.9. The van der Waals surface area contributed by atoms with Crippen LogP contribution in [0.1, 0.15) is 15.9 Å². The smallest absolute Gasteiger partial charge is 0.335 e. The monoisotopic (exact) mass is 328 g/mol. The second-order valence-corrected chi connectivity index (χ2v) is 5.00. The van der Waals surface area contributed by atoms with Crippen LogP contribution >= 0.6 is 0 Å². The van der Waals surface area contributed by atoms with Crippen molar-refractivity contribution in [2.75, 3.05) is 25.7 Å². The molecule has 1 heterocycles. The van der Waals surface area contributed by atoms with E-state index in [1.54, 1.807) is 31.5 Å². The fourth-order valence-electron chi connectivity index (χ4n) is 2.24. The van der Waals surface area contributed by atoms with Gasteiger partial charge in [0, 0.05) is 5.56 Å². The van der Waals surface area contributed by atoms with Gasteiger partial charge >= 0.3 is 5.97 Å². The molecule has 2 aromatic carbocycles. The molecule has 7 heteroatoms. The first-order valence-electron chi connectivity index (χ1n) is 7.27. The quantitative estimate of drug-likeness (QED) is 0.648. The Labute approximate surface area is 138 Å². The number of carbonyl (C=O) groups is 1. The van der Waals surface area contributed by atoms with Crippen molar-refractivity contribution in [2.45, 2.75) is 0 Å². The number of anilines is 1. The molecule has 7 nitrogen and oxygen atoms in total. The van der Waals surface area contributed by atoms with Crippen LogP contribution < -0.4 is 19.6 Å². The van der Waals surface area contributed by atoms with Crippen LogP contribution in [0.2, 0.25) is 0 Å². The molecule has 124 valence electrons. The number of hydrogen-bond acceptors (Lipinski definition) is 6. The first-order valence-corrected chi connectivity index (χ1v) is 7.27. The molecule has 24 heavy (non-hydrogen) atoms. The Morgan fingerprint density at radius 3 is 2.71 bits per heavy atom. The highest BCUT2D eigenvalue weighted by Gasteiger charge is 2.17. The predicted octanol–water partition coefficient (Wildman–Crippen LogP) is 2.61. The summed E-state index contributed by atoms with van der Waals surface area (Å²) in [7, 11) is 1.57. The molecule has 0 aromatic heterocycles. The third-order valence-electron chi connectivity index (χ3n) is 3.39. The summed E-state index contributed by atoms with van der Waals surface area (Å²) in [6.45, 7) is 0.982. The molecule has 2 aromatic rings. The predicted molar refractivity (Wildman–Crippen MR) is 88.6 cm³/mol. The van der Waals surface area contributed by atoms with Crippen molar-refractivity contribution in [3.63, 3.8) is 0 Å². The molecule has 0 saturated heterocycles. The molecule has 0 spiro atoms. The average Bonchev–Trinajstić information content (AvgIpc) is 2.61. The Morgan fingerprint density at radius 1 is 1.25 bits per heavy atom. The van der Waals surface area contributed by atoms with Crippen molar-refractivity contribution in [1.82, 2.24) is 0 Å². The molecule has 1 aliphatic rings. The molecule has 0 unspecified atom stereocenters. The standard InChI is InChI=1S/C17H16N2O5/c1-22-14-8-11(9-15-16(14)24-7-6-23-15)10-18-19-13-4-2-12(3-5-13)17(20)21/h2-5,8-10,19H,6-7H2,1H3,(H,20,21)/b18-10-. The van der Waals surface area contributed by atoms with Gasteiger partial charge in [0.2, 0.25) is 5.75 Å². The summed E-state index contributed by atoms with van der Waals surface area (Å²) < 4.78 is 16.4. The molecule has 0 saturated carbocycles. The number of ether oxygens (including phenoxy) is 3. The summed E-state index contributed by atoms with van der Waals surface area (Å²) in [5, 5.41) is 13.0. The van der Waals surface area contributed by atoms with Gasteiger partial charge in [0.15, 0.2) is 11.5 Å². The zero-order valence-electron chi connectivity index (χ0n) is 13.0. The maximum absolute atomic E-state index is 10.8. The summed E-state index contributed by atoms with van der Waals surface area (Å²) in [6.07, 6.45) is 1.62. The fraction of sp³-hybridized carbons (Fsp3) is 0.176. The van der Waals surface area contributed by atoms with Crippen molar-refractivity contribution in [2.24, 2.45) is 5.10 Å². The number of carboxylic acids is 1. The van der Waals surface area contributed by atoms with Crippen LogP contribution in [0, 0.1) is 0 Å². The van der Waals surface area contributed by atoms with Gasteiger partial charge in [-0.05, 0) is 36.4 Å². The van der Waals surface area contributed by atoms with Gasteiger partial charge in [-0.15, -0.1) is 0 Å². The van der Waals surface area contributed by atoms with E-state index in [1.807, 2.05) is 6.07 Å². The molecule has 0 fully saturated rings. The highest BCUT2D eigenvalue weighted by Crippen LogP contribution is 2.39. The Bertz CT molecular complexity index is 754. The zero-order valence-corrected chi connectivity index (χ0v) is 13.0. The van der Waals surface area contributed by atoms with Crippen molar-refractivity contribution < 1.29 is 24.1 Å². The molecule has 3 rings (SSSR count). The number of nitrogens with zero attached hydrogens (tertiary/aromatic N) is 1. The van der Waals surface area contributed by atoms with Gasteiger partial charge in [0.25, 0.3) is 0 Å². The Morgan fingerprint density at radius 2 is 2.00 bits per heavy atom. The number of nitrogens with one attached hydrogen (secondary N) is 1. The minimum absolute atomic E-state index is 0.223. The van der Waals surface area contributed by atoms with E-state index in [9.17, 15) is 4.79 Å². The van der Waals surface area contributed by atoms with Crippen LogP contribution in [-0.2, 0) is 0 Å². The van der Waals surface area contributed by atoms with E-state index < -0.39 is 5.97 Å². The lowest BCUT2D eigenvalue weighted by Crippen LogP contribution is -2.16. The molecule has 0 radical (unpaired) electrons. The van der Waals surface area contributed by atoms with Crippen molar-refractivity contribution in [3.05, 3.63) is 47.5 Å². The number of rotatable bonds is 5. The number of methoxy groups -OCH3 is 1. The lowest BCUT2D eigenvalue weighted by atomic mass is 10.2. The third kappa shape index (κ3) is 3.40. The van der Waals surface area contributed by atoms with Crippen molar-refractivity contribution in [1.29, 1.82) is 0 Å². The van der Waals surface area contributed by atoms with E-state index in [-0.39, 0.29) is 5.56 Å². The Hall–Kier alpha value is -3.22. The van der Waals surface area contributed by atoms with E-state index in [4.69, 9.17) is 19.3 Å². The summed E-state index contributed by atoms with van der Waals surface area (Å²) in [4.78, 5) is 10.8. The van der Waals surface area contributed by atoms with Gasteiger partial charge in [-0.3, -0.25) is 5.43 Å². The number of hydrazone groups is 1. The van der Waals surface area contributed by atoms with Gasteiger partial charge in [-0.25, -0.2) is 4.79 Å². The summed E-state index contributed by atoms with van der Waals surface area (Å²) in [5.74, 6) is 0.832. The lowest BCUT2D eigenvalue weighted by molar-refractivity contribution is 0.0697. The molecular weight excluding hydrogens is 312 g/mol. The number of hydrogen-bond donors (Lipinski definition) is 2. The van der Waals surface area contributed by atoms with E-state index >= 15 is 0 Å². The minimum atomic E-state index is -0.964. The zero-order chi connectivity index (χ0) is 16.9.